The Hall–Kier alpha value is -5.88. The summed E-state index contributed by atoms with van der Waals surface area (Å²) in [6, 6.07) is 25.0. The molecule has 0 fully saturated rings. The van der Waals surface area contributed by atoms with Gasteiger partial charge in [-0.05, 0) is 94.0 Å². The van der Waals surface area contributed by atoms with Crippen LogP contribution in [0.3, 0.4) is 0 Å². The van der Waals surface area contributed by atoms with E-state index in [4.69, 9.17) is 52.1 Å². The number of aromatic nitrogens is 4. The molecule has 1 aliphatic rings. The number of aryl methyl sites for hydroxylation is 6. The first-order valence-corrected chi connectivity index (χ1v) is 21.4. The average molecular weight is 875 g/mol. The smallest absolute Gasteiger partial charge is 0.356 e. The molecule has 1 amide bonds. The lowest BCUT2D eigenvalue weighted by Gasteiger charge is -2.38. The maximum absolute atomic E-state index is 15.6. The van der Waals surface area contributed by atoms with Crippen LogP contribution in [0.5, 0.6) is 11.5 Å². The first-order chi connectivity index (χ1) is 29.9. The van der Waals surface area contributed by atoms with Crippen LogP contribution in [0.1, 0.15) is 79.8 Å². The summed E-state index contributed by atoms with van der Waals surface area (Å²) in [6.07, 6.45) is 1.10. The van der Waals surface area contributed by atoms with Crippen molar-refractivity contribution in [1.29, 1.82) is 0 Å². The highest BCUT2D eigenvalue weighted by Crippen LogP contribution is 2.48. The van der Waals surface area contributed by atoms with E-state index in [-0.39, 0.29) is 18.2 Å². The molecular formula is C49H49Cl2N5O6. The first-order valence-electron chi connectivity index (χ1n) is 20.6. The zero-order chi connectivity index (χ0) is 44.0. The molecule has 0 spiro atoms. The molecule has 0 aliphatic carbocycles. The van der Waals surface area contributed by atoms with Gasteiger partial charge in [0.25, 0.3) is 5.91 Å². The molecule has 320 valence electrons. The molecule has 4 heterocycles. The summed E-state index contributed by atoms with van der Waals surface area (Å²) in [5, 5.41) is 2.20. The van der Waals surface area contributed by atoms with E-state index in [0.717, 1.165) is 66.4 Å². The Morgan fingerprint density at radius 3 is 2.26 bits per heavy atom. The molecule has 0 bridgehead atoms. The topological polar surface area (TPSA) is 110 Å². The second-order valence-corrected chi connectivity index (χ2v) is 16.6. The van der Waals surface area contributed by atoms with Crippen LogP contribution in [0.2, 0.25) is 5.02 Å². The molecule has 2 atom stereocenters. The lowest BCUT2D eigenvalue weighted by molar-refractivity contribution is 0.0591. The van der Waals surface area contributed by atoms with Crippen molar-refractivity contribution in [3.8, 4) is 22.6 Å². The number of para-hydroxylation sites is 1. The van der Waals surface area contributed by atoms with Crippen molar-refractivity contribution in [1.82, 2.24) is 19.1 Å². The van der Waals surface area contributed by atoms with Crippen LogP contribution >= 0.6 is 23.2 Å². The molecule has 7 aromatic rings. The number of nitrogens with zero attached hydrogens (tertiary/aromatic N) is 5. The third kappa shape index (κ3) is 7.46. The lowest BCUT2D eigenvalue weighted by atomic mass is 9.97. The fraction of sp³-hybridized carbons (Fsp3) is 0.306. The molecule has 1 aliphatic heterocycles. The van der Waals surface area contributed by atoms with Crippen molar-refractivity contribution in [2.24, 2.45) is 7.05 Å². The molecular weight excluding hydrogens is 825 g/mol. The second kappa shape index (κ2) is 17.5. The highest BCUT2D eigenvalue weighted by Gasteiger charge is 2.45. The summed E-state index contributed by atoms with van der Waals surface area (Å²) in [5.41, 5.74) is 8.68. The van der Waals surface area contributed by atoms with Gasteiger partial charge in [-0.3, -0.25) is 9.69 Å². The molecule has 0 saturated carbocycles. The van der Waals surface area contributed by atoms with Gasteiger partial charge in [0.1, 0.15) is 29.3 Å². The second-order valence-electron chi connectivity index (χ2n) is 15.8. The fourth-order valence-electron chi connectivity index (χ4n) is 8.99. The number of anilines is 1. The van der Waals surface area contributed by atoms with Gasteiger partial charge in [-0.1, -0.05) is 77.8 Å². The number of halogens is 2. The quantitative estimate of drug-likeness (QED) is 0.0488. The SMILES string of the molecule is COC(=O)c1c(N2C(=O)c3c(CCCOc4cc(C)c(Cl)c(C)c4)c4cccc(-c5c(C)nc(COCc6ccccc6)nc5C)c4n3C(C)[C@H]2Cl)c2c(OC)cccc2n1C. The largest absolute Gasteiger partial charge is 0.496 e. The van der Waals surface area contributed by atoms with E-state index in [0.29, 0.717) is 59.9 Å². The van der Waals surface area contributed by atoms with E-state index in [1.807, 2.05) is 95.3 Å². The van der Waals surface area contributed by atoms with E-state index in [1.54, 1.807) is 29.7 Å². The third-order valence-corrected chi connectivity index (χ3v) is 12.9. The van der Waals surface area contributed by atoms with Crippen molar-refractivity contribution >= 4 is 62.6 Å². The van der Waals surface area contributed by atoms with E-state index < -0.39 is 17.5 Å². The van der Waals surface area contributed by atoms with Gasteiger partial charge in [-0.2, -0.15) is 0 Å². The van der Waals surface area contributed by atoms with Gasteiger partial charge in [0.2, 0.25) is 0 Å². The molecule has 0 saturated heterocycles. The zero-order valence-corrected chi connectivity index (χ0v) is 37.6. The molecule has 8 rings (SSSR count). The molecule has 1 unspecified atom stereocenters. The number of benzene rings is 4. The Labute approximate surface area is 371 Å². The fourth-order valence-corrected chi connectivity index (χ4v) is 9.40. The lowest BCUT2D eigenvalue weighted by Crippen LogP contribution is -2.48. The number of fused-ring (bicyclic) bond motifs is 4. The first kappa shape index (κ1) is 42.8. The van der Waals surface area contributed by atoms with Crippen LogP contribution in [0.4, 0.5) is 5.69 Å². The maximum Gasteiger partial charge on any atom is 0.356 e. The Bertz CT molecular complexity index is 2820. The number of amides is 1. The van der Waals surface area contributed by atoms with Crippen LogP contribution in [0.15, 0.2) is 78.9 Å². The minimum absolute atomic E-state index is 0.184. The Kier molecular flexibility index (Phi) is 12.1. The number of hydrogen-bond donors (Lipinski definition) is 0. The third-order valence-electron chi connectivity index (χ3n) is 11.8. The molecule has 0 radical (unpaired) electrons. The molecule has 62 heavy (non-hydrogen) atoms. The van der Waals surface area contributed by atoms with Crippen LogP contribution in [0.25, 0.3) is 32.9 Å². The normalized spacial score (nSPS) is 15.1. The maximum atomic E-state index is 15.6. The standard InChI is InChI=1S/C49H49Cl2N5O6/c1-27-23-33(24-28(2)42(27)50)62-22-14-19-35-34-17-12-18-36(40-29(3)52-39(53-30(40)4)26-61-25-32-15-10-9-11-16-32)43(34)55-31(5)47(51)56(48(57)44(35)55)45-41-37(20-13-21-38(41)59-7)54(6)46(45)49(58)60-8/h9-13,15-18,20-21,23-24,31,47H,14,19,22,25-26H2,1-8H3/t31?,47-/m0/s1. The highest BCUT2D eigenvalue weighted by molar-refractivity contribution is 6.32. The summed E-state index contributed by atoms with van der Waals surface area (Å²) >= 11 is 14.0. The van der Waals surface area contributed by atoms with Gasteiger partial charge in [0.05, 0.1) is 55.6 Å². The van der Waals surface area contributed by atoms with Crippen LogP contribution in [0, 0.1) is 27.7 Å². The van der Waals surface area contributed by atoms with Gasteiger partial charge >= 0.3 is 5.97 Å². The van der Waals surface area contributed by atoms with Crippen molar-refractivity contribution in [2.75, 3.05) is 25.7 Å². The van der Waals surface area contributed by atoms with E-state index in [1.165, 1.54) is 7.11 Å². The molecule has 0 N–H and O–H groups in total. The average Bonchev–Trinajstić information content (AvgIpc) is 3.75. The van der Waals surface area contributed by atoms with E-state index in [9.17, 15) is 4.79 Å². The summed E-state index contributed by atoms with van der Waals surface area (Å²) in [5.74, 6) is 0.845. The van der Waals surface area contributed by atoms with Crippen molar-refractivity contribution in [2.45, 2.75) is 72.2 Å². The number of ether oxygens (including phenoxy) is 4. The molecule has 13 heteroatoms. The predicted molar refractivity (Wildman–Crippen MR) is 244 cm³/mol. The van der Waals surface area contributed by atoms with Gasteiger partial charge in [-0.15, -0.1) is 0 Å². The van der Waals surface area contributed by atoms with Gasteiger partial charge in [-0.25, -0.2) is 14.8 Å². The zero-order valence-electron chi connectivity index (χ0n) is 36.1. The number of hydrogen-bond acceptors (Lipinski definition) is 8. The minimum Gasteiger partial charge on any atom is -0.496 e. The van der Waals surface area contributed by atoms with Gasteiger partial charge < -0.3 is 28.1 Å². The number of rotatable bonds is 13. The minimum atomic E-state index is -0.937. The van der Waals surface area contributed by atoms with Crippen molar-refractivity contribution in [3.05, 3.63) is 135 Å². The monoisotopic (exact) mass is 873 g/mol. The Balaban J connectivity index is 1.26. The van der Waals surface area contributed by atoms with Crippen LogP contribution in [-0.4, -0.2) is 57.3 Å². The predicted octanol–water partition coefficient (Wildman–Crippen LogP) is 10.8. The van der Waals surface area contributed by atoms with Crippen molar-refractivity contribution < 1.29 is 28.5 Å². The summed E-state index contributed by atoms with van der Waals surface area (Å²) in [4.78, 5) is 40.7. The number of alkyl halides is 1. The Morgan fingerprint density at radius 2 is 1.58 bits per heavy atom. The number of carbonyl (C=O) groups is 2. The number of esters is 1. The molecule has 3 aromatic heterocycles. The van der Waals surface area contributed by atoms with E-state index >= 15 is 4.79 Å². The number of methoxy groups -OCH3 is 2. The summed E-state index contributed by atoms with van der Waals surface area (Å²) in [7, 11) is 4.65. The molecule has 4 aromatic carbocycles. The van der Waals surface area contributed by atoms with Crippen LogP contribution < -0.4 is 14.4 Å². The highest BCUT2D eigenvalue weighted by atomic mass is 35.5. The summed E-state index contributed by atoms with van der Waals surface area (Å²) < 4.78 is 27.3. The number of carbonyl (C=O) groups excluding carboxylic acids is 2. The van der Waals surface area contributed by atoms with Crippen LogP contribution in [-0.2, 0) is 36.2 Å². The van der Waals surface area contributed by atoms with Gasteiger partial charge in [0.15, 0.2) is 11.5 Å². The van der Waals surface area contributed by atoms with E-state index in [2.05, 4.69) is 16.7 Å². The van der Waals surface area contributed by atoms with Gasteiger partial charge in [0, 0.05) is 40.0 Å². The van der Waals surface area contributed by atoms with Crippen molar-refractivity contribution in [3.63, 3.8) is 0 Å². The Morgan fingerprint density at radius 1 is 0.887 bits per heavy atom. The molecule has 11 nitrogen and oxygen atoms in total. The summed E-state index contributed by atoms with van der Waals surface area (Å²) in [6.45, 7) is 11.0.